The number of carbonyl (C=O) groups excluding carboxylic acids is 2. The average Bonchev–Trinajstić information content (AvgIpc) is 2.75. The van der Waals surface area contributed by atoms with Gasteiger partial charge in [0.25, 0.3) is 0 Å². The Morgan fingerprint density at radius 3 is 1.93 bits per heavy atom. The molecule has 3 rings (SSSR count). The summed E-state index contributed by atoms with van der Waals surface area (Å²) in [6.07, 6.45) is 0. The topological polar surface area (TPSA) is 97.0 Å². The lowest BCUT2D eigenvalue weighted by molar-refractivity contribution is -0.114. The Morgan fingerprint density at radius 2 is 1.43 bits per heavy atom. The molecule has 1 heterocycles. The molecule has 2 aromatic carbocycles. The standard InChI is InChI=1S/C21H25N3O5S/c1-28-19-8-4-17(5-9-19)23-21(26)15-30(27)14-20(25)22-16-2-6-18(7-3-16)24-10-12-29-13-11-24/h2-9H,10-15H2,1H3,(H,22,25)(H,23,26)/t30-/m0/s1. The van der Waals surface area contributed by atoms with Crippen molar-refractivity contribution >= 4 is 39.7 Å². The molecule has 0 bridgehead atoms. The van der Waals surface area contributed by atoms with Crippen LogP contribution in [0.1, 0.15) is 0 Å². The zero-order valence-electron chi connectivity index (χ0n) is 16.8. The fourth-order valence-electron chi connectivity index (χ4n) is 2.99. The van der Waals surface area contributed by atoms with E-state index in [1.54, 1.807) is 31.4 Å². The predicted octanol–water partition coefficient (Wildman–Crippen LogP) is 1.86. The van der Waals surface area contributed by atoms with E-state index in [9.17, 15) is 13.8 Å². The molecule has 2 N–H and O–H groups in total. The van der Waals surface area contributed by atoms with Gasteiger partial charge < -0.3 is 25.0 Å². The van der Waals surface area contributed by atoms with Gasteiger partial charge in [-0.05, 0) is 48.5 Å². The molecule has 1 saturated heterocycles. The normalized spacial score (nSPS) is 14.6. The van der Waals surface area contributed by atoms with Crippen molar-refractivity contribution in [1.82, 2.24) is 0 Å². The highest BCUT2D eigenvalue weighted by atomic mass is 32.2. The van der Waals surface area contributed by atoms with Crippen LogP contribution in [-0.2, 0) is 25.1 Å². The van der Waals surface area contributed by atoms with Crippen molar-refractivity contribution in [3.8, 4) is 5.75 Å². The van der Waals surface area contributed by atoms with Crippen LogP contribution in [-0.4, -0.2) is 60.9 Å². The number of nitrogens with zero attached hydrogens (tertiary/aromatic N) is 1. The molecule has 1 aliphatic heterocycles. The number of amides is 2. The maximum absolute atomic E-state index is 12.2. The Morgan fingerprint density at radius 1 is 0.933 bits per heavy atom. The first-order valence-corrected chi connectivity index (χ1v) is 11.0. The maximum Gasteiger partial charge on any atom is 0.237 e. The summed E-state index contributed by atoms with van der Waals surface area (Å²) in [5.41, 5.74) is 2.26. The molecule has 0 aliphatic carbocycles. The molecule has 0 spiro atoms. The van der Waals surface area contributed by atoms with Crippen molar-refractivity contribution in [1.29, 1.82) is 0 Å². The molecule has 1 fully saturated rings. The number of carbonyl (C=O) groups is 2. The van der Waals surface area contributed by atoms with Gasteiger partial charge in [-0.2, -0.15) is 0 Å². The molecular weight excluding hydrogens is 406 g/mol. The van der Waals surface area contributed by atoms with Gasteiger partial charge in [0.1, 0.15) is 17.3 Å². The molecule has 1 atom stereocenters. The number of anilines is 3. The van der Waals surface area contributed by atoms with Crippen molar-refractivity contribution in [3.63, 3.8) is 0 Å². The van der Waals surface area contributed by atoms with Crippen LogP contribution in [0.25, 0.3) is 0 Å². The van der Waals surface area contributed by atoms with Crippen LogP contribution >= 0.6 is 0 Å². The van der Waals surface area contributed by atoms with Crippen LogP contribution in [0, 0.1) is 0 Å². The third-order valence-electron chi connectivity index (χ3n) is 4.49. The van der Waals surface area contributed by atoms with Crippen LogP contribution in [0.4, 0.5) is 17.1 Å². The largest absolute Gasteiger partial charge is 0.497 e. The first-order valence-electron chi connectivity index (χ1n) is 9.55. The molecule has 160 valence electrons. The monoisotopic (exact) mass is 431 g/mol. The summed E-state index contributed by atoms with van der Waals surface area (Å²) < 4.78 is 22.6. The molecular formula is C21H25N3O5S. The Balaban J connectivity index is 1.43. The van der Waals surface area contributed by atoms with Crippen LogP contribution in [0.2, 0.25) is 0 Å². The van der Waals surface area contributed by atoms with Crippen molar-refractivity contribution in [3.05, 3.63) is 48.5 Å². The Bertz CT molecular complexity index is 881. The first kappa shape index (κ1) is 21.8. The predicted molar refractivity (Wildman–Crippen MR) is 118 cm³/mol. The fraction of sp³-hybridized carbons (Fsp3) is 0.333. The summed E-state index contributed by atoms with van der Waals surface area (Å²) >= 11 is 0. The number of nitrogens with one attached hydrogen (secondary N) is 2. The van der Waals surface area contributed by atoms with E-state index in [2.05, 4.69) is 15.5 Å². The van der Waals surface area contributed by atoms with Gasteiger partial charge in [-0.15, -0.1) is 0 Å². The number of morpholine rings is 1. The van der Waals surface area contributed by atoms with Crippen LogP contribution in [0.3, 0.4) is 0 Å². The van der Waals surface area contributed by atoms with E-state index in [0.717, 1.165) is 18.8 Å². The summed E-state index contributed by atoms with van der Waals surface area (Å²) in [6.45, 7) is 3.08. The highest BCUT2D eigenvalue weighted by Crippen LogP contribution is 2.19. The van der Waals surface area contributed by atoms with Gasteiger partial charge in [-0.3, -0.25) is 13.8 Å². The van der Waals surface area contributed by atoms with Crippen molar-refractivity contribution in [2.45, 2.75) is 0 Å². The summed E-state index contributed by atoms with van der Waals surface area (Å²) in [5.74, 6) is -0.645. The average molecular weight is 432 g/mol. The van der Waals surface area contributed by atoms with Gasteiger partial charge in [0.15, 0.2) is 0 Å². The highest BCUT2D eigenvalue weighted by molar-refractivity contribution is 7.86. The molecule has 0 unspecified atom stereocenters. The highest BCUT2D eigenvalue weighted by Gasteiger charge is 2.14. The summed E-state index contributed by atoms with van der Waals surface area (Å²) in [6, 6.07) is 14.3. The molecule has 9 heteroatoms. The molecule has 2 amide bonds. The quantitative estimate of drug-likeness (QED) is 0.662. The number of benzene rings is 2. The van der Waals surface area contributed by atoms with Gasteiger partial charge in [0, 0.05) is 41.0 Å². The Labute approximate surface area is 178 Å². The third-order valence-corrected chi connectivity index (χ3v) is 5.65. The van der Waals surface area contributed by atoms with Crippen LogP contribution < -0.4 is 20.3 Å². The Kier molecular flexibility index (Phi) is 7.81. The number of ether oxygens (including phenoxy) is 2. The number of hydrogen-bond donors (Lipinski definition) is 2. The first-order chi connectivity index (χ1) is 14.5. The fourth-order valence-corrected chi connectivity index (χ4v) is 3.82. The second-order valence-electron chi connectivity index (χ2n) is 6.70. The molecule has 8 nitrogen and oxygen atoms in total. The number of rotatable bonds is 8. The zero-order chi connectivity index (χ0) is 21.3. The SMILES string of the molecule is COc1ccc(NC(=O)C[S@@](=O)CC(=O)Nc2ccc(N3CCOCC3)cc2)cc1. The lowest BCUT2D eigenvalue weighted by Crippen LogP contribution is -2.36. The summed E-state index contributed by atoms with van der Waals surface area (Å²) in [4.78, 5) is 26.4. The second-order valence-corrected chi connectivity index (χ2v) is 8.16. The van der Waals surface area contributed by atoms with Gasteiger partial charge in [0.05, 0.1) is 20.3 Å². The lowest BCUT2D eigenvalue weighted by Gasteiger charge is -2.28. The maximum atomic E-state index is 12.2. The lowest BCUT2D eigenvalue weighted by atomic mass is 10.2. The van der Waals surface area contributed by atoms with Gasteiger partial charge >= 0.3 is 0 Å². The Hall–Kier alpha value is -2.91. The summed E-state index contributed by atoms with van der Waals surface area (Å²) in [7, 11) is -0.0568. The molecule has 0 saturated carbocycles. The molecule has 0 radical (unpaired) electrons. The number of hydrogen-bond acceptors (Lipinski definition) is 6. The van der Waals surface area contributed by atoms with Gasteiger partial charge in [-0.25, -0.2) is 0 Å². The third kappa shape index (κ3) is 6.57. The van der Waals surface area contributed by atoms with E-state index < -0.39 is 22.6 Å². The van der Waals surface area contributed by atoms with Crippen LogP contribution in [0.5, 0.6) is 5.75 Å². The van der Waals surface area contributed by atoms with Gasteiger partial charge in [-0.1, -0.05) is 0 Å². The minimum absolute atomic E-state index is 0.249. The van der Waals surface area contributed by atoms with E-state index in [-0.39, 0.29) is 11.5 Å². The van der Waals surface area contributed by atoms with Crippen LogP contribution in [0.15, 0.2) is 48.5 Å². The number of methoxy groups -OCH3 is 1. The molecule has 1 aliphatic rings. The van der Waals surface area contributed by atoms with E-state index in [1.165, 1.54) is 0 Å². The molecule has 30 heavy (non-hydrogen) atoms. The second kappa shape index (κ2) is 10.7. The molecule has 2 aromatic rings. The smallest absolute Gasteiger partial charge is 0.237 e. The van der Waals surface area contributed by atoms with E-state index in [1.807, 2.05) is 24.3 Å². The van der Waals surface area contributed by atoms with Gasteiger partial charge in [0.2, 0.25) is 11.8 Å². The summed E-state index contributed by atoms with van der Waals surface area (Å²) in [5, 5.41) is 5.37. The van der Waals surface area contributed by atoms with E-state index in [0.29, 0.717) is 30.3 Å². The molecule has 0 aromatic heterocycles. The van der Waals surface area contributed by atoms with Crippen molar-refractivity contribution < 1.29 is 23.3 Å². The van der Waals surface area contributed by atoms with E-state index in [4.69, 9.17) is 9.47 Å². The minimum atomic E-state index is -1.61. The van der Waals surface area contributed by atoms with Crippen molar-refractivity contribution in [2.24, 2.45) is 0 Å². The van der Waals surface area contributed by atoms with Crippen molar-refractivity contribution in [2.75, 3.05) is 60.5 Å². The zero-order valence-corrected chi connectivity index (χ0v) is 17.6. The van der Waals surface area contributed by atoms with E-state index >= 15 is 0 Å². The minimum Gasteiger partial charge on any atom is -0.497 e.